The number of likely N-dealkylation sites (N-methyl/N-ethyl adjacent to an activating group) is 1. The van der Waals surface area contributed by atoms with Crippen molar-refractivity contribution >= 4 is 11.6 Å². The number of rotatable bonds is 10. The summed E-state index contributed by atoms with van der Waals surface area (Å²) in [4.78, 5) is 12.8. The lowest BCUT2D eigenvalue weighted by Gasteiger charge is -2.29. The lowest BCUT2D eigenvalue weighted by Crippen LogP contribution is -2.48. The Bertz CT molecular complexity index is 758. The normalized spacial score (nSPS) is 19.6. The SMILES string of the molecule is CNC(C(=O)Nc1cnn(C/C(=C/N)N(N)C(C)C(F)(F)F)c1)C(C1CC1)C1CC1. The number of carbonyl (C=O) groups excluding carboxylic acids is 1. The fourth-order valence-electron chi connectivity index (χ4n) is 3.92. The van der Waals surface area contributed by atoms with Gasteiger partial charge in [-0.2, -0.15) is 18.3 Å². The van der Waals surface area contributed by atoms with Crippen LogP contribution in [-0.2, 0) is 11.3 Å². The molecule has 2 unspecified atom stereocenters. The molecular weight excluding hydrogens is 399 g/mol. The Morgan fingerprint density at radius 2 is 1.97 bits per heavy atom. The summed E-state index contributed by atoms with van der Waals surface area (Å²) in [7, 11) is 1.79. The number of allylic oxidation sites excluding steroid dienone is 1. The average molecular weight is 429 g/mol. The second-order valence-corrected chi connectivity index (χ2v) is 8.22. The summed E-state index contributed by atoms with van der Waals surface area (Å²) in [6.07, 6.45) is 4.22. The molecule has 0 bridgehead atoms. The van der Waals surface area contributed by atoms with E-state index in [9.17, 15) is 18.0 Å². The smallest absolute Gasteiger partial charge is 0.403 e. The summed E-state index contributed by atoms with van der Waals surface area (Å²) < 4.78 is 40.1. The highest BCUT2D eigenvalue weighted by Gasteiger charge is 2.47. The van der Waals surface area contributed by atoms with E-state index in [0.29, 0.717) is 28.5 Å². The second kappa shape index (κ2) is 8.84. The van der Waals surface area contributed by atoms with Gasteiger partial charge in [0.25, 0.3) is 0 Å². The molecule has 1 heterocycles. The first kappa shape index (κ1) is 22.4. The van der Waals surface area contributed by atoms with Gasteiger partial charge in [-0.25, -0.2) is 5.84 Å². The highest BCUT2D eigenvalue weighted by atomic mass is 19.4. The summed E-state index contributed by atoms with van der Waals surface area (Å²) in [5.74, 6) is 7.02. The van der Waals surface area contributed by atoms with Gasteiger partial charge in [0.2, 0.25) is 5.91 Å². The lowest BCUT2D eigenvalue weighted by atomic mass is 9.89. The van der Waals surface area contributed by atoms with Crippen molar-refractivity contribution in [3.8, 4) is 0 Å². The zero-order valence-electron chi connectivity index (χ0n) is 17.2. The summed E-state index contributed by atoms with van der Waals surface area (Å²) in [5.41, 5.74) is 6.00. The summed E-state index contributed by atoms with van der Waals surface area (Å²) in [5, 5.41) is 10.7. The van der Waals surface area contributed by atoms with Crippen LogP contribution in [0.15, 0.2) is 24.3 Å². The molecule has 0 saturated heterocycles. The van der Waals surface area contributed by atoms with Crippen molar-refractivity contribution in [3.63, 3.8) is 0 Å². The summed E-state index contributed by atoms with van der Waals surface area (Å²) in [6, 6.07) is -2.18. The molecule has 0 radical (unpaired) electrons. The van der Waals surface area contributed by atoms with Gasteiger partial charge in [0.1, 0.15) is 6.04 Å². The van der Waals surface area contributed by atoms with E-state index in [1.807, 2.05) is 0 Å². The van der Waals surface area contributed by atoms with Crippen LogP contribution in [0.4, 0.5) is 18.9 Å². The number of anilines is 1. The Labute approximate surface area is 173 Å². The van der Waals surface area contributed by atoms with Gasteiger partial charge >= 0.3 is 6.18 Å². The molecule has 2 saturated carbocycles. The predicted octanol–water partition coefficient (Wildman–Crippen LogP) is 1.77. The predicted molar refractivity (Wildman–Crippen MR) is 106 cm³/mol. The third-order valence-corrected chi connectivity index (χ3v) is 5.95. The molecule has 6 N–H and O–H groups in total. The number of nitrogens with two attached hydrogens (primary N) is 2. The zero-order chi connectivity index (χ0) is 22.1. The first-order valence-corrected chi connectivity index (χ1v) is 10.2. The lowest BCUT2D eigenvalue weighted by molar-refractivity contribution is -0.174. The number of amides is 1. The van der Waals surface area contributed by atoms with E-state index in [2.05, 4.69) is 15.7 Å². The molecular formula is C19H30F3N7O. The van der Waals surface area contributed by atoms with Crippen LogP contribution in [0, 0.1) is 17.8 Å². The maximum Gasteiger partial charge on any atom is 0.409 e. The van der Waals surface area contributed by atoms with Crippen LogP contribution in [0.2, 0.25) is 0 Å². The molecule has 1 amide bonds. The molecule has 3 rings (SSSR count). The number of alkyl halides is 3. The van der Waals surface area contributed by atoms with E-state index in [1.165, 1.54) is 36.6 Å². The number of halogens is 3. The minimum atomic E-state index is -4.49. The van der Waals surface area contributed by atoms with Crippen molar-refractivity contribution in [1.29, 1.82) is 0 Å². The molecule has 2 atom stereocenters. The van der Waals surface area contributed by atoms with Crippen LogP contribution in [0.1, 0.15) is 32.6 Å². The van der Waals surface area contributed by atoms with E-state index >= 15 is 0 Å². The Balaban J connectivity index is 1.62. The number of hydrogen-bond acceptors (Lipinski definition) is 6. The largest absolute Gasteiger partial charge is 0.409 e. The van der Waals surface area contributed by atoms with Crippen molar-refractivity contribution in [3.05, 3.63) is 24.3 Å². The van der Waals surface area contributed by atoms with E-state index in [0.717, 1.165) is 13.1 Å². The van der Waals surface area contributed by atoms with Gasteiger partial charge in [-0.15, -0.1) is 0 Å². The van der Waals surface area contributed by atoms with Gasteiger partial charge in [0.05, 0.1) is 30.2 Å². The van der Waals surface area contributed by atoms with Crippen LogP contribution >= 0.6 is 0 Å². The van der Waals surface area contributed by atoms with Crippen LogP contribution in [-0.4, -0.2) is 46.0 Å². The number of nitrogens with zero attached hydrogens (tertiary/aromatic N) is 3. The minimum Gasteiger partial charge on any atom is -0.403 e. The molecule has 0 aromatic carbocycles. The van der Waals surface area contributed by atoms with E-state index in [-0.39, 0.29) is 24.2 Å². The zero-order valence-corrected chi connectivity index (χ0v) is 17.2. The Morgan fingerprint density at radius 3 is 2.43 bits per heavy atom. The molecule has 1 aromatic rings. The molecule has 168 valence electrons. The Kier molecular flexibility index (Phi) is 6.61. The van der Waals surface area contributed by atoms with Gasteiger partial charge < -0.3 is 16.4 Å². The second-order valence-electron chi connectivity index (χ2n) is 8.22. The first-order valence-electron chi connectivity index (χ1n) is 10.2. The van der Waals surface area contributed by atoms with Crippen molar-refractivity contribution < 1.29 is 18.0 Å². The summed E-state index contributed by atoms with van der Waals surface area (Å²) >= 11 is 0. The minimum absolute atomic E-state index is 0.0523. The molecule has 2 fully saturated rings. The van der Waals surface area contributed by atoms with Gasteiger partial charge in [-0.3, -0.25) is 14.5 Å². The van der Waals surface area contributed by atoms with Crippen LogP contribution in [0.25, 0.3) is 0 Å². The fourth-order valence-corrected chi connectivity index (χ4v) is 3.92. The van der Waals surface area contributed by atoms with Gasteiger partial charge in [-0.1, -0.05) is 0 Å². The summed E-state index contributed by atoms with van der Waals surface area (Å²) in [6.45, 7) is 0.887. The Morgan fingerprint density at radius 1 is 1.37 bits per heavy atom. The number of nitrogens with one attached hydrogen (secondary N) is 2. The molecule has 30 heavy (non-hydrogen) atoms. The van der Waals surface area contributed by atoms with Gasteiger partial charge in [0, 0.05) is 12.4 Å². The monoisotopic (exact) mass is 429 g/mol. The van der Waals surface area contributed by atoms with Crippen molar-refractivity contribution in [2.24, 2.45) is 29.3 Å². The van der Waals surface area contributed by atoms with Crippen LogP contribution < -0.4 is 22.2 Å². The molecule has 11 heteroatoms. The number of hydrogen-bond donors (Lipinski definition) is 4. The molecule has 8 nitrogen and oxygen atoms in total. The molecule has 2 aliphatic rings. The third-order valence-electron chi connectivity index (χ3n) is 5.95. The third kappa shape index (κ3) is 5.25. The van der Waals surface area contributed by atoms with Crippen molar-refractivity contribution in [1.82, 2.24) is 20.1 Å². The number of aromatic nitrogens is 2. The van der Waals surface area contributed by atoms with E-state index in [1.54, 1.807) is 13.2 Å². The fraction of sp³-hybridized carbons (Fsp3) is 0.684. The van der Waals surface area contributed by atoms with Crippen LogP contribution in [0.3, 0.4) is 0 Å². The van der Waals surface area contributed by atoms with Crippen molar-refractivity contribution in [2.45, 2.75) is 57.4 Å². The quantitative estimate of drug-likeness (QED) is 0.333. The first-order chi connectivity index (χ1) is 14.2. The Hall–Kier alpha value is -2.27. The standard InChI is InChI=1S/C19H30F3N7O/c1-11(19(20,21)22)29(24)15(7-23)10-28-9-14(8-26-28)27-18(30)17(25-2)16(12-3-4-12)13-5-6-13/h7-9,11-13,16-17,25H,3-6,10,23-24H2,1-2H3,(H,27,30)/b15-7-. The molecule has 0 aliphatic heterocycles. The number of hydrazine groups is 1. The maximum absolute atomic E-state index is 12.9. The molecule has 2 aliphatic carbocycles. The highest BCUT2D eigenvalue weighted by molar-refractivity contribution is 5.95. The molecule has 0 spiro atoms. The van der Waals surface area contributed by atoms with Crippen molar-refractivity contribution in [2.75, 3.05) is 12.4 Å². The van der Waals surface area contributed by atoms with Gasteiger partial charge in [0.15, 0.2) is 0 Å². The average Bonchev–Trinajstić information content (AvgIpc) is 3.62. The highest BCUT2D eigenvalue weighted by Crippen LogP contribution is 2.50. The maximum atomic E-state index is 12.9. The van der Waals surface area contributed by atoms with E-state index < -0.39 is 12.2 Å². The number of carbonyl (C=O) groups is 1. The topological polar surface area (TPSA) is 114 Å². The van der Waals surface area contributed by atoms with Gasteiger partial charge in [-0.05, 0) is 57.4 Å². The van der Waals surface area contributed by atoms with E-state index in [4.69, 9.17) is 11.6 Å². The molecule has 1 aromatic heterocycles. The van der Waals surface area contributed by atoms with Crippen LogP contribution in [0.5, 0.6) is 0 Å².